The lowest BCUT2D eigenvalue weighted by molar-refractivity contribution is 0.567. The Labute approximate surface area is 103 Å². The molecule has 18 heavy (non-hydrogen) atoms. The number of rotatable bonds is 1. The predicted molar refractivity (Wildman–Crippen MR) is 66.8 cm³/mol. The summed E-state index contributed by atoms with van der Waals surface area (Å²) in [6.07, 6.45) is 0. The molecule has 1 fully saturated rings. The molecule has 3 N–H and O–H groups in total. The monoisotopic (exact) mass is 248 g/mol. The summed E-state index contributed by atoms with van der Waals surface area (Å²) in [5.41, 5.74) is 7.02. The molecular weight excluding hydrogens is 235 g/mol. The number of fused-ring (bicyclic) bond motifs is 1. The fraction of sp³-hybridized carbons (Fsp3) is 0.364. The first kappa shape index (κ1) is 11.1. The quantitative estimate of drug-likeness (QED) is 0.748. The minimum Gasteiger partial charge on any atom is -0.367 e. The molecule has 0 radical (unpaired) electrons. The van der Waals surface area contributed by atoms with E-state index < -0.39 is 0 Å². The maximum absolute atomic E-state index is 14.0. The van der Waals surface area contributed by atoms with Crippen LogP contribution in [0.4, 0.5) is 16.0 Å². The first-order valence-electron chi connectivity index (χ1n) is 5.79. The van der Waals surface area contributed by atoms with Gasteiger partial charge >= 0.3 is 0 Å². The van der Waals surface area contributed by atoms with Crippen molar-refractivity contribution in [3.8, 4) is 0 Å². The van der Waals surface area contributed by atoms with Crippen LogP contribution < -0.4 is 16.0 Å². The molecule has 0 atom stereocenters. The van der Waals surface area contributed by atoms with Gasteiger partial charge in [0.25, 0.3) is 0 Å². The van der Waals surface area contributed by atoms with E-state index in [9.17, 15) is 4.39 Å². The van der Waals surface area contributed by atoms with Crippen molar-refractivity contribution < 1.29 is 4.39 Å². The zero-order valence-corrected chi connectivity index (χ0v) is 9.73. The van der Waals surface area contributed by atoms with E-state index >= 15 is 0 Å². The van der Waals surface area contributed by atoms with Crippen LogP contribution >= 0.6 is 0 Å². The van der Waals surface area contributed by atoms with Gasteiger partial charge in [-0.1, -0.05) is 0 Å². The molecule has 0 aliphatic carbocycles. The third-order valence-corrected chi connectivity index (χ3v) is 3.00. The van der Waals surface area contributed by atoms with E-state index in [2.05, 4.69) is 20.5 Å². The molecule has 0 saturated carbocycles. The average molecular weight is 248 g/mol. The molecule has 7 heteroatoms. The van der Waals surface area contributed by atoms with Crippen LogP contribution in [-0.2, 0) is 0 Å². The molecule has 1 aromatic carbocycles. The van der Waals surface area contributed by atoms with E-state index in [1.54, 1.807) is 6.07 Å². The van der Waals surface area contributed by atoms with Crippen LogP contribution in [0.25, 0.3) is 11.0 Å². The Bertz CT molecular complexity index is 581. The summed E-state index contributed by atoms with van der Waals surface area (Å²) in [5.74, 6) is -0.203. The van der Waals surface area contributed by atoms with E-state index in [0.29, 0.717) is 16.7 Å². The van der Waals surface area contributed by atoms with Crippen LogP contribution in [0.3, 0.4) is 0 Å². The molecule has 6 nitrogen and oxygen atoms in total. The van der Waals surface area contributed by atoms with Gasteiger partial charge in [0, 0.05) is 32.2 Å². The van der Waals surface area contributed by atoms with Crippen molar-refractivity contribution in [3.05, 3.63) is 17.9 Å². The molecule has 0 amide bonds. The number of hydrogen-bond donors (Lipinski definition) is 2. The van der Waals surface area contributed by atoms with Gasteiger partial charge in [-0.05, 0) is 6.07 Å². The topological polar surface area (TPSA) is 80.0 Å². The number of nitrogens with one attached hydrogen (secondary N) is 1. The Morgan fingerprint density at radius 3 is 2.72 bits per heavy atom. The van der Waals surface area contributed by atoms with Crippen molar-refractivity contribution >= 4 is 22.7 Å². The van der Waals surface area contributed by atoms with Gasteiger partial charge in [0.05, 0.1) is 11.2 Å². The second-order valence-corrected chi connectivity index (χ2v) is 4.20. The number of nitrogen functional groups attached to an aromatic ring is 1. The Morgan fingerprint density at radius 2 is 1.94 bits per heavy atom. The van der Waals surface area contributed by atoms with Crippen LogP contribution in [0.15, 0.2) is 12.1 Å². The number of nitrogens with two attached hydrogens (primary N) is 1. The predicted octanol–water partition coefficient (Wildman–Crippen LogP) is 0.156. The summed E-state index contributed by atoms with van der Waals surface area (Å²) in [4.78, 5) is 6.06. The first-order valence-corrected chi connectivity index (χ1v) is 5.79. The van der Waals surface area contributed by atoms with Gasteiger partial charge in [-0.2, -0.15) is 0 Å². The zero-order valence-electron chi connectivity index (χ0n) is 9.73. The van der Waals surface area contributed by atoms with Crippen molar-refractivity contribution in [3.63, 3.8) is 0 Å². The Kier molecular flexibility index (Phi) is 2.67. The number of nitrogens with zero attached hydrogens (tertiary/aromatic N) is 4. The number of piperazine rings is 1. The van der Waals surface area contributed by atoms with Gasteiger partial charge in [0.15, 0.2) is 0 Å². The highest BCUT2D eigenvalue weighted by Gasteiger charge is 2.16. The highest BCUT2D eigenvalue weighted by atomic mass is 19.1. The second-order valence-electron chi connectivity index (χ2n) is 4.20. The SMILES string of the molecule is Nc1nnc2cc(F)c(N3CCNCC3)cc2n1. The third kappa shape index (κ3) is 1.92. The Morgan fingerprint density at radius 1 is 1.17 bits per heavy atom. The summed E-state index contributed by atoms with van der Waals surface area (Å²) in [6.45, 7) is 3.25. The molecule has 0 bridgehead atoms. The van der Waals surface area contributed by atoms with Crippen LogP contribution in [0.5, 0.6) is 0 Å². The van der Waals surface area contributed by atoms with Crippen molar-refractivity contribution in [1.29, 1.82) is 0 Å². The minimum absolute atomic E-state index is 0.0976. The molecule has 2 heterocycles. The maximum atomic E-state index is 14.0. The Balaban J connectivity index is 2.07. The van der Waals surface area contributed by atoms with Gasteiger partial charge in [-0.3, -0.25) is 0 Å². The number of hydrogen-bond acceptors (Lipinski definition) is 6. The van der Waals surface area contributed by atoms with E-state index in [0.717, 1.165) is 26.2 Å². The fourth-order valence-corrected chi connectivity index (χ4v) is 2.11. The molecule has 0 spiro atoms. The number of halogens is 1. The van der Waals surface area contributed by atoms with Gasteiger partial charge in [0.1, 0.15) is 11.3 Å². The molecule has 3 rings (SSSR count). The number of benzene rings is 1. The first-order chi connectivity index (χ1) is 8.74. The third-order valence-electron chi connectivity index (χ3n) is 3.00. The normalized spacial score (nSPS) is 16.2. The number of aromatic nitrogens is 3. The lowest BCUT2D eigenvalue weighted by atomic mass is 10.2. The molecule has 1 aliphatic heterocycles. The summed E-state index contributed by atoms with van der Waals surface area (Å²) >= 11 is 0. The lowest BCUT2D eigenvalue weighted by Gasteiger charge is -2.29. The molecule has 2 aromatic rings. The van der Waals surface area contributed by atoms with Crippen molar-refractivity contribution in [1.82, 2.24) is 20.5 Å². The van der Waals surface area contributed by atoms with E-state index in [1.165, 1.54) is 6.07 Å². The van der Waals surface area contributed by atoms with Crippen molar-refractivity contribution in [2.75, 3.05) is 36.8 Å². The van der Waals surface area contributed by atoms with Crippen LogP contribution in [0.2, 0.25) is 0 Å². The van der Waals surface area contributed by atoms with Gasteiger partial charge in [-0.15, -0.1) is 10.2 Å². The standard InChI is InChI=1S/C11H13FN6/c12-7-5-9-8(15-11(13)17-16-9)6-10(7)18-3-1-14-2-4-18/h5-6,14H,1-4H2,(H2,13,15,17). The van der Waals surface area contributed by atoms with Crippen LogP contribution in [-0.4, -0.2) is 41.4 Å². The lowest BCUT2D eigenvalue weighted by Crippen LogP contribution is -2.43. The average Bonchev–Trinajstić information content (AvgIpc) is 2.39. The number of anilines is 2. The highest BCUT2D eigenvalue weighted by Crippen LogP contribution is 2.24. The van der Waals surface area contributed by atoms with Crippen molar-refractivity contribution in [2.24, 2.45) is 0 Å². The largest absolute Gasteiger partial charge is 0.367 e. The summed E-state index contributed by atoms with van der Waals surface area (Å²) < 4.78 is 14.0. The second kappa shape index (κ2) is 4.34. The zero-order chi connectivity index (χ0) is 12.5. The van der Waals surface area contributed by atoms with Gasteiger partial charge in [0.2, 0.25) is 5.95 Å². The van der Waals surface area contributed by atoms with Crippen molar-refractivity contribution in [2.45, 2.75) is 0 Å². The van der Waals surface area contributed by atoms with Gasteiger partial charge < -0.3 is 16.0 Å². The van der Waals surface area contributed by atoms with E-state index in [4.69, 9.17) is 5.73 Å². The maximum Gasteiger partial charge on any atom is 0.240 e. The van der Waals surface area contributed by atoms with E-state index in [-0.39, 0.29) is 11.8 Å². The summed E-state index contributed by atoms with van der Waals surface area (Å²) in [5, 5.41) is 10.7. The van der Waals surface area contributed by atoms with Crippen LogP contribution in [0.1, 0.15) is 0 Å². The molecule has 94 valence electrons. The Hall–Kier alpha value is -2.02. The van der Waals surface area contributed by atoms with E-state index in [1.807, 2.05) is 4.90 Å². The van der Waals surface area contributed by atoms with Gasteiger partial charge in [-0.25, -0.2) is 9.37 Å². The smallest absolute Gasteiger partial charge is 0.240 e. The summed E-state index contributed by atoms with van der Waals surface area (Å²) in [6, 6.07) is 3.03. The highest BCUT2D eigenvalue weighted by molar-refractivity contribution is 5.79. The molecular formula is C11H13FN6. The molecule has 0 unspecified atom stereocenters. The fourth-order valence-electron chi connectivity index (χ4n) is 2.11. The van der Waals surface area contributed by atoms with Crippen LogP contribution in [0, 0.1) is 5.82 Å². The molecule has 1 aromatic heterocycles. The molecule has 1 saturated heterocycles. The minimum atomic E-state index is -0.301. The summed E-state index contributed by atoms with van der Waals surface area (Å²) in [7, 11) is 0. The molecule has 1 aliphatic rings.